The highest BCUT2D eigenvalue weighted by Gasteiger charge is 2.33. The van der Waals surface area contributed by atoms with E-state index in [9.17, 15) is 14.4 Å². The molecule has 4 heterocycles. The van der Waals surface area contributed by atoms with Gasteiger partial charge in [-0.05, 0) is 54.4 Å². The number of benzene rings is 2. The Labute approximate surface area is 226 Å². The van der Waals surface area contributed by atoms with Gasteiger partial charge in [-0.15, -0.1) is 0 Å². The molecule has 6 rings (SSSR count). The second-order valence-corrected chi connectivity index (χ2v) is 9.56. The third kappa shape index (κ3) is 6.11. The number of hydrogen-bond donors (Lipinski definition) is 2. The topological polar surface area (TPSA) is 119 Å². The molecule has 0 aliphatic carbocycles. The zero-order chi connectivity index (χ0) is 27.4. The minimum atomic E-state index is -0.450. The first-order valence-corrected chi connectivity index (χ1v) is 12.8. The predicted octanol–water partition coefficient (Wildman–Crippen LogP) is 2.64. The molecule has 202 valence electrons. The summed E-state index contributed by atoms with van der Waals surface area (Å²) in [6.07, 6.45) is 1.83. The molecule has 3 aromatic rings. The van der Waals surface area contributed by atoms with Crippen molar-refractivity contribution >= 4 is 23.6 Å². The van der Waals surface area contributed by atoms with Crippen LogP contribution in [0, 0.1) is 6.92 Å². The summed E-state index contributed by atoms with van der Waals surface area (Å²) < 4.78 is 16.9. The highest BCUT2D eigenvalue weighted by molar-refractivity contribution is 5.95. The number of methoxy groups -OCH3 is 1. The number of nitrogens with zero attached hydrogens (tertiary/aromatic N) is 2. The lowest BCUT2D eigenvalue weighted by atomic mass is 10.0. The number of carbonyl (C=O) groups excluding carboxylic acids is 3. The van der Waals surface area contributed by atoms with Crippen molar-refractivity contribution in [2.45, 2.75) is 32.0 Å². The van der Waals surface area contributed by atoms with Crippen LogP contribution in [0.3, 0.4) is 0 Å². The average Bonchev–Trinajstić information content (AvgIpc) is 2.96. The molecule has 1 saturated heterocycles. The van der Waals surface area contributed by atoms with E-state index in [2.05, 4.69) is 20.5 Å². The van der Waals surface area contributed by atoms with Gasteiger partial charge in [0.15, 0.2) is 6.61 Å². The van der Waals surface area contributed by atoms with Gasteiger partial charge in [-0.3, -0.25) is 9.59 Å². The molecule has 1 fully saturated rings. The van der Waals surface area contributed by atoms with Gasteiger partial charge in [0.2, 0.25) is 0 Å². The lowest BCUT2D eigenvalue weighted by Gasteiger charge is -2.39. The lowest BCUT2D eigenvalue weighted by Crippen LogP contribution is -2.57. The summed E-state index contributed by atoms with van der Waals surface area (Å²) in [7, 11) is 1.33. The van der Waals surface area contributed by atoms with Gasteiger partial charge in [-0.2, -0.15) is 0 Å². The Hall–Kier alpha value is -4.60. The summed E-state index contributed by atoms with van der Waals surface area (Å²) in [5, 5.41) is 5.98. The van der Waals surface area contributed by atoms with Crippen LogP contribution in [0.4, 0.5) is 5.82 Å². The van der Waals surface area contributed by atoms with Crippen molar-refractivity contribution < 1.29 is 28.6 Å². The van der Waals surface area contributed by atoms with E-state index in [0.717, 1.165) is 11.1 Å². The summed E-state index contributed by atoms with van der Waals surface area (Å²) >= 11 is 0. The van der Waals surface area contributed by atoms with Crippen molar-refractivity contribution in [3.05, 3.63) is 83.0 Å². The zero-order valence-electron chi connectivity index (χ0n) is 21.8. The van der Waals surface area contributed by atoms with E-state index in [1.54, 1.807) is 30.3 Å². The monoisotopic (exact) mass is 530 g/mol. The maximum Gasteiger partial charge on any atom is 0.339 e. The standard InChI is InChI=1S/C29H30N4O6/c1-18-3-6-20-13-25(18)38-17-27(34)31-14-19-4-8-22(9-5-19)39-24-11-12-33(16-23(24)32-28(20)35)26-10-7-21(15-30-26)29(36)37-2/h3-10,13,15,23-24H,11-12,14,16-17H2,1-2H3,(H,31,34)(H,32,35)/t23-,24-/m0/s1. The largest absolute Gasteiger partial charge is 0.488 e. The zero-order valence-corrected chi connectivity index (χ0v) is 21.8. The minimum Gasteiger partial charge on any atom is -0.488 e. The Kier molecular flexibility index (Phi) is 7.62. The summed E-state index contributed by atoms with van der Waals surface area (Å²) in [4.78, 5) is 44.0. The highest BCUT2D eigenvalue weighted by atomic mass is 16.5. The first-order chi connectivity index (χ1) is 18.9. The minimum absolute atomic E-state index is 0.158. The van der Waals surface area contributed by atoms with E-state index in [1.807, 2.05) is 31.2 Å². The first-order valence-electron chi connectivity index (χ1n) is 12.8. The molecule has 0 radical (unpaired) electrons. The Morgan fingerprint density at radius 1 is 1.10 bits per heavy atom. The number of esters is 1. The van der Waals surface area contributed by atoms with Crippen LogP contribution >= 0.6 is 0 Å². The second-order valence-electron chi connectivity index (χ2n) is 9.56. The number of carbonyl (C=O) groups is 3. The van der Waals surface area contributed by atoms with Gasteiger partial charge in [0, 0.05) is 37.8 Å². The van der Waals surface area contributed by atoms with Gasteiger partial charge in [0.05, 0.1) is 18.7 Å². The van der Waals surface area contributed by atoms with Crippen LogP contribution in [0.5, 0.6) is 11.5 Å². The molecule has 2 atom stereocenters. The summed E-state index contributed by atoms with van der Waals surface area (Å²) in [5.41, 5.74) is 2.53. The van der Waals surface area contributed by atoms with E-state index in [1.165, 1.54) is 13.3 Å². The molecular formula is C29H30N4O6. The van der Waals surface area contributed by atoms with Gasteiger partial charge >= 0.3 is 5.97 Å². The number of rotatable bonds is 2. The van der Waals surface area contributed by atoms with Gasteiger partial charge in [-0.25, -0.2) is 9.78 Å². The number of aryl methyl sites for hydroxylation is 1. The number of aromatic nitrogens is 1. The molecule has 39 heavy (non-hydrogen) atoms. The number of nitrogens with one attached hydrogen (secondary N) is 2. The number of fused-ring (bicyclic) bond motifs is 7. The molecule has 0 unspecified atom stereocenters. The quantitative estimate of drug-likeness (QED) is 0.486. The van der Waals surface area contributed by atoms with Gasteiger partial charge < -0.3 is 29.7 Å². The van der Waals surface area contributed by atoms with Crippen LogP contribution in [-0.4, -0.2) is 61.7 Å². The van der Waals surface area contributed by atoms with E-state index < -0.39 is 5.97 Å². The first kappa shape index (κ1) is 26.0. The van der Waals surface area contributed by atoms with Crippen LogP contribution in [-0.2, 0) is 16.1 Å². The number of ether oxygens (including phenoxy) is 3. The van der Waals surface area contributed by atoms with Crippen molar-refractivity contribution in [3.8, 4) is 11.5 Å². The van der Waals surface area contributed by atoms with E-state index in [-0.39, 0.29) is 30.6 Å². The Morgan fingerprint density at radius 2 is 1.92 bits per heavy atom. The van der Waals surface area contributed by atoms with Crippen LogP contribution in [0.1, 0.15) is 38.3 Å². The normalized spacial score (nSPS) is 19.5. The van der Waals surface area contributed by atoms with Crippen LogP contribution < -0.4 is 25.0 Å². The van der Waals surface area contributed by atoms with Gasteiger partial charge in [-0.1, -0.05) is 18.2 Å². The van der Waals surface area contributed by atoms with Crippen molar-refractivity contribution in [2.24, 2.45) is 0 Å². The third-order valence-electron chi connectivity index (χ3n) is 6.87. The van der Waals surface area contributed by atoms with E-state index >= 15 is 0 Å². The molecule has 0 saturated carbocycles. The molecule has 1 aromatic heterocycles. The molecule has 3 aliphatic heterocycles. The van der Waals surface area contributed by atoms with E-state index in [0.29, 0.717) is 54.5 Å². The third-order valence-corrected chi connectivity index (χ3v) is 6.87. The smallest absolute Gasteiger partial charge is 0.339 e. The van der Waals surface area contributed by atoms with Crippen molar-refractivity contribution in [1.29, 1.82) is 0 Å². The lowest BCUT2D eigenvalue weighted by molar-refractivity contribution is -0.123. The van der Waals surface area contributed by atoms with Crippen LogP contribution in [0.25, 0.3) is 0 Å². The average molecular weight is 531 g/mol. The summed E-state index contributed by atoms with van der Waals surface area (Å²) in [6.45, 7) is 3.17. The molecule has 0 spiro atoms. The summed E-state index contributed by atoms with van der Waals surface area (Å²) in [6, 6.07) is 15.8. The predicted molar refractivity (Wildman–Crippen MR) is 143 cm³/mol. The maximum atomic E-state index is 13.4. The molecular weight excluding hydrogens is 500 g/mol. The number of amides is 2. The highest BCUT2D eigenvalue weighted by Crippen LogP contribution is 2.25. The maximum absolute atomic E-state index is 13.4. The molecule has 4 bridgehead atoms. The Morgan fingerprint density at radius 3 is 2.67 bits per heavy atom. The summed E-state index contributed by atoms with van der Waals surface area (Å²) in [5.74, 6) is 0.847. The number of hydrogen-bond acceptors (Lipinski definition) is 8. The second kappa shape index (κ2) is 11.4. The molecule has 2 aromatic carbocycles. The fourth-order valence-electron chi connectivity index (χ4n) is 4.63. The molecule has 2 amide bonds. The van der Waals surface area contributed by atoms with Crippen molar-refractivity contribution in [2.75, 3.05) is 31.7 Å². The van der Waals surface area contributed by atoms with Gasteiger partial charge in [0.1, 0.15) is 23.4 Å². The SMILES string of the molecule is COC(=O)c1ccc(N2CC[C@@H]3Oc4ccc(cc4)CNC(=O)COc4cc(ccc4C)C(=O)N[C@H]3C2)nc1. The fraction of sp³-hybridized carbons (Fsp3) is 0.310. The van der Waals surface area contributed by atoms with Crippen LogP contribution in [0.15, 0.2) is 60.8 Å². The molecule has 10 heteroatoms. The van der Waals surface area contributed by atoms with Crippen LogP contribution in [0.2, 0.25) is 0 Å². The Balaban J connectivity index is 1.42. The van der Waals surface area contributed by atoms with E-state index in [4.69, 9.17) is 14.2 Å². The molecule has 3 aliphatic rings. The van der Waals surface area contributed by atoms with Crippen molar-refractivity contribution in [3.63, 3.8) is 0 Å². The number of pyridine rings is 1. The Bertz CT molecular complexity index is 1360. The van der Waals surface area contributed by atoms with Crippen molar-refractivity contribution in [1.82, 2.24) is 15.6 Å². The fourth-order valence-corrected chi connectivity index (χ4v) is 4.63. The number of piperidine rings is 1. The molecule has 2 N–H and O–H groups in total. The molecule has 10 nitrogen and oxygen atoms in total. The number of anilines is 1. The van der Waals surface area contributed by atoms with Gasteiger partial charge in [0.25, 0.3) is 11.8 Å².